The van der Waals surface area contributed by atoms with E-state index in [1.54, 1.807) is 0 Å². The average Bonchev–Trinajstić information content (AvgIpc) is 3.57. The van der Waals surface area contributed by atoms with Crippen LogP contribution in [0.2, 0.25) is 0 Å². The molecule has 4 aromatic carbocycles. The molecule has 0 saturated carbocycles. The van der Waals surface area contributed by atoms with Gasteiger partial charge in [0.25, 0.3) is 0 Å². The third-order valence-corrected chi connectivity index (χ3v) is 7.41. The summed E-state index contributed by atoms with van der Waals surface area (Å²) in [5.74, 6) is 0. The van der Waals surface area contributed by atoms with Crippen molar-refractivity contribution in [2.24, 2.45) is 0 Å². The Kier molecular flexibility index (Phi) is 6.41. The number of hydrogen-bond acceptors (Lipinski definition) is 0. The van der Waals surface area contributed by atoms with Gasteiger partial charge in [0.15, 0.2) is 0 Å². The molecule has 0 spiro atoms. The van der Waals surface area contributed by atoms with Crippen molar-refractivity contribution in [3.63, 3.8) is 0 Å². The smallest absolute Gasteiger partial charge is 0.0589 e. The molecule has 1 unspecified atom stereocenters. The van der Waals surface area contributed by atoms with Crippen LogP contribution in [0, 0.1) is 0 Å². The van der Waals surface area contributed by atoms with Gasteiger partial charge in [-0.15, -0.1) is 0 Å². The first-order chi connectivity index (χ1) is 17.8. The van der Waals surface area contributed by atoms with E-state index in [1.165, 1.54) is 50.5 Å². The third-order valence-electron chi connectivity index (χ3n) is 7.41. The van der Waals surface area contributed by atoms with Crippen molar-refractivity contribution in [3.8, 4) is 0 Å². The van der Waals surface area contributed by atoms with Crippen LogP contribution in [0.3, 0.4) is 0 Å². The summed E-state index contributed by atoms with van der Waals surface area (Å²) in [7, 11) is 0. The van der Waals surface area contributed by atoms with Crippen LogP contribution in [0.25, 0.3) is 21.8 Å². The molecule has 2 heterocycles. The van der Waals surface area contributed by atoms with Crippen LogP contribution in [-0.4, -0.2) is 9.55 Å². The number of aromatic amines is 1. The van der Waals surface area contributed by atoms with Gasteiger partial charge in [-0.3, -0.25) is 0 Å². The van der Waals surface area contributed by atoms with Crippen molar-refractivity contribution in [1.82, 2.24) is 9.55 Å². The fraction of sp³-hybridized carbons (Fsp3) is 0.176. The number of aromatic nitrogens is 2. The minimum atomic E-state index is 0.283. The van der Waals surface area contributed by atoms with Crippen LogP contribution < -0.4 is 0 Å². The van der Waals surface area contributed by atoms with Crippen molar-refractivity contribution in [2.75, 3.05) is 0 Å². The van der Waals surface area contributed by atoms with Gasteiger partial charge in [0, 0.05) is 23.4 Å². The molecular formula is C34H32N2. The zero-order valence-corrected chi connectivity index (χ0v) is 20.6. The highest BCUT2D eigenvalue weighted by Gasteiger charge is 2.17. The van der Waals surface area contributed by atoms with Crippen LogP contribution >= 0.6 is 0 Å². The number of aryl methyl sites for hydroxylation is 3. The summed E-state index contributed by atoms with van der Waals surface area (Å²) >= 11 is 0. The van der Waals surface area contributed by atoms with E-state index in [4.69, 9.17) is 0 Å². The summed E-state index contributed by atoms with van der Waals surface area (Å²) in [5.41, 5.74) is 8.10. The molecule has 0 aliphatic rings. The Hall–Kier alpha value is -4.04. The first-order valence-corrected chi connectivity index (χ1v) is 13.1. The second-order valence-corrected chi connectivity index (χ2v) is 9.82. The minimum Gasteiger partial charge on any atom is -0.361 e. The largest absolute Gasteiger partial charge is 0.361 e. The predicted molar refractivity (Wildman–Crippen MR) is 152 cm³/mol. The molecule has 0 aliphatic heterocycles. The Bertz CT molecular complexity index is 1560. The van der Waals surface area contributed by atoms with Crippen LogP contribution in [-0.2, 0) is 19.3 Å². The summed E-state index contributed by atoms with van der Waals surface area (Å²) in [6.45, 7) is 0. The molecule has 1 atom stereocenters. The highest BCUT2D eigenvalue weighted by Crippen LogP contribution is 2.31. The molecule has 0 aliphatic carbocycles. The summed E-state index contributed by atoms with van der Waals surface area (Å²) in [4.78, 5) is 3.33. The number of nitrogens with zero attached hydrogens (tertiary/aromatic N) is 1. The number of rotatable bonds is 9. The van der Waals surface area contributed by atoms with E-state index < -0.39 is 0 Å². The normalized spacial score (nSPS) is 12.3. The second kappa shape index (κ2) is 10.3. The lowest BCUT2D eigenvalue weighted by Crippen LogP contribution is -2.11. The maximum atomic E-state index is 3.33. The van der Waals surface area contributed by atoms with E-state index in [0.29, 0.717) is 0 Å². The highest BCUT2D eigenvalue weighted by atomic mass is 15.0. The molecule has 0 bridgehead atoms. The molecule has 0 radical (unpaired) electrons. The number of fused-ring (bicyclic) bond motifs is 2. The van der Waals surface area contributed by atoms with Gasteiger partial charge in [-0.25, -0.2) is 0 Å². The monoisotopic (exact) mass is 468 g/mol. The highest BCUT2D eigenvalue weighted by molar-refractivity contribution is 5.82. The zero-order chi connectivity index (χ0) is 24.2. The zero-order valence-electron chi connectivity index (χ0n) is 20.6. The van der Waals surface area contributed by atoms with Crippen molar-refractivity contribution < 1.29 is 0 Å². The molecule has 1 N–H and O–H groups in total. The molecule has 2 heteroatoms. The van der Waals surface area contributed by atoms with Gasteiger partial charge in [-0.1, -0.05) is 72.8 Å². The van der Waals surface area contributed by atoms with Gasteiger partial charge < -0.3 is 9.55 Å². The van der Waals surface area contributed by atoms with Crippen molar-refractivity contribution >= 4 is 21.8 Å². The Morgan fingerprint density at radius 3 is 2.17 bits per heavy atom. The molecule has 178 valence electrons. The lowest BCUT2D eigenvalue weighted by atomic mass is 9.97. The van der Waals surface area contributed by atoms with Gasteiger partial charge in [-0.05, 0) is 102 Å². The van der Waals surface area contributed by atoms with Crippen LogP contribution in [0.5, 0.6) is 0 Å². The van der Waals surface area contributed by atoms with E-state index in [0.717, 1.165) is 25.7 Å². The molecule has 2 nitrogen and oxygen atoms in total. The molecular weight excluding hydrogens is 436 g/mol. The van der Waals surface area contributed by atoms with Crippen LogP contribution in [0.4, 0.5) is 0 Å². The molecule has 2 aromatic heterocycles. The maximum absolute atomic E-state index is 3.33. The first-order valence-electron chi connectivity index (χ1n) is 13.1. The van der Waals surface area contributed by atoms with E-state index in [1.807, 2.05) is 6.20 Å². The lowest BCUT2D eigenvalue weighted by Gasteiger charge is -2.21. The van der Waals surface area contributed by atoms with E-state index in [-0.39, 0.29) is 6.04 Å². The number of hydrogen-bond donors (Lipinski definition) is 1. The van der Waals surface area contributed by atoms with Gasteiger partial charge in [0.05, 0.1) is 6.04 Å². The van der Waals surface area contributed by atoms with Gasteiger partial charge in [0.1, 0.15) is 0 Å². The number of benzene rings is 4. The van der Waals surface area contributed by atoms with Gasteiger partial charge in [0.2, 0.25) is 0 Å². The SMILES string of the molecule is c1ccc(CCCc2ccc3c(ccn3C(CCc3ccccc3)c3ccc4[nH]ccc4c3)c2)cc1. The summed E-state index contributed by atoms with van der Waals surface area (Å²) in [6, 6.07) is 40.3. The van der Waals surface area contributed by atoms with Crippen LogP contribution in [0.15, 0.2) is 122 Å². The fourth-order valence-corrected chi connectivity index (χ4v) is 5.48. The molecule has 6 aromatic rings. The average molecular weight is 469 g/mol. The van der Waals surface area contributed by atoms with Crippen molar-refractivity contribution in [3.05, 3.63) is 144 Å². The van der Waals surface area contributed by atoms with Crippen molar-refractivity contribution in [1.29, 1.82) is 0 Å². The van der Waals surface area contributed by atoms with E-state index in [2.05, 4.69) is 125 Å². The Morgan fingerprint density at radius 2 is 1.36 bits per heavy atom. The molecule has 0 fully saturated rings. The van der Waals surface area contributed by atoms with Crippen molar-refractivity contribution in [2.45, 2.75) is 38.1 Å². The lowest BCUT2D eigenvalue weighted by molar-refractivity contribution is 0.557. The summed E-state index contributed by atoms with van der Waals surface area (Å²) in [6.07, 6.45) is 9.83. The van der Waals surface area contributed by atoms with Crippen LogP contribution in [0.1, 0.15) is 41.1 Å². The molecule has 36 heavy (non-hydrogen) atoms. The van der Waals surface area contributed by atoms with E-state index in [9.17, 15) is 0 Å². The quantitative estimate of drug-likeness (QED) is 0.219. The fourth-order valence-electron chi connectivity index (χ4n) is 5.48. The standard InChI is InChI=1S/C34H32N2/c1-3-8-26(9-4-1)12-7-13-28-15-19-34-31(24-28)21-23-36(34)33(18-14-27-10-5-2-6-11-27)30-16-17-32-29(25-30)20-22-35-32/h1-6,8-11,15-17,19-25,33,35H,7,12-14,18H2. The van der Waals surface area contributed by atoms with Gasteiger partial charge >= 0.3 is 0 Å². The summed E-state index contributed by atoms with van der Waals surface area (Å²) < 4.78 is 2.49. The minimum absolute atomic E-state index is 0.283. The summed E-state index contributed by atoms with van der Waals surface area (Å²) in [5, 5.41) is 2.61. The van der Waals surface area contributed by atoms with E-state index >= 15 is 0 Å². The first kappa shape index (κ1) is 22.4. The van der Waals surface area contributed by atoms with Gasteiger partial charge in [-0.2, -0.15) is 0 Å². The number of nitrogens with one attached hydrogen (secondary N) is 1. The molecule has 6 rings (SSSR count). The Balaban J connectivity index is 1.27. The maximum Gasteiger partial charge on any atom is 0.0589 e. The molecule has 0 saturated heterocycles. The Labute approximate surface area is 213 Å². The second-order valence-electron chi connectivity index (χ2n) is 9.82. The predicted octanol–water partition coefficient (Wildman–Crippen LogP) is 8.52. The Morgan fingerprint density at radius 1 is 0.611 bits per heavy atom. The topological polar surface area (TPSA) is 20.7 Å². The third kappa shape index (κ3) is 4.85. The number of H-pyrrole nitrogens is 1. The molecule has 0 amide bonds.